The molecule has 3 heterocycles. The molecule has 2 aromatic rings. The van der Waals surface area contributed by atoms with Gasteiger partial charge in [-0.25, -0.2) is 4.98 Å². The molecular weight excluding hydrogens is 318 g/mol. The van der Waals surface area contributed by atoms with Crippen LogP contribution in [0.25, 0.3) is 10.2 Å². The molecule has 8 heteroatoms. The Balaban J connectivity index is 1.66. The largest absolute Gasteiger partial charge is 0.481 e. The van der Waals surface area contributed by atoms with Gasteiger partial charge < -0.3 is 10.0 Å². The number of amides is 1. The molecule has 0 aromatic carbocycles. The zero-order chi connectivity index (χ0) is 16.6. The second-order valence-electron chi connectivity index (χ2n) is 6.06. The standard InChI is InChI=1S/C15H17N3O4S/c1-15(14(21)22)4-6-17(8-15)11(19)2-5-18-9-16-12-10(13(18)20)3-7-23-12/h3,7,9H,2,4-6,8H2,1H3,(H,21,22). The van der Waals surface area contributed by atoms with E-state index in [1.165, 1.54) is 22.2 Å². The van der Waals surface area contributed by atoms with Gasteiger partial charge in [0.25, 0.3) is 5.56 Å². The number of aliphatic carboxylic acids is 1. The van der Waals surface area contributed by atoms with Crippen molar-refractivity contribution in [3.63, 3.8) is 0 Å². The van der Waals surface area contributed by atoms with Crippen LogP contribution in [0.4, 0.5) is 0 Å². The Morgan fingerprint density at radius 2 is 2.26 bits per heavy atom. The van der Waals surface area contributed by atoms with Gasteiger partial charge in [-0.3, -0.25) is 19.0 Å². The van der Waals surface area contributed by atoms with Crippen molar-refractivity contribution in [2.24, 2.45) is 5.41 Å². The summed E-state index contributed by atoms with van der Waals surface area (Å²) in [5.41, 5.74) is -1.02. The molecule has 1 atom stereocenters. The van der Waals surface area contributed by atoms with Crippen LogP contribution >= 0.6 is 11.3 Å². The van der Waals surface area contributed by atoms with E-state index in [9.17, 15) is 19.5 Å². The second kappa shape index (κ2) is 5.77. The molecule has 1 aliphatic rings. The Kier molecular flexibility index (Phi) is 3.93. The summed E-state index contributed by atoms with van der Waals surface area (Å²) >= 11 is 1.40. The molecule has 0 radical (unpaired) electrons. The number of carbonyl (C=O) groups is 2. The summed E-state index contributed by atoms with van der Waals surface area (Å²) in [5.74, 6) is -1.01. The fraction of sp³-hybridized carbons (Fsp3) is 0.467. The summed E-state index contributed by atoms with van der Waals surface area (Å²) in [6.45, 7) is 2.56. The highest BCUT2D eigenvalue weighted by Crippen LogP contribution is 2.30. The van der Waals surface area contributed by atoms with E-state index < -0.39 is 11.4 Å². The van der Waals surface area contributed by atoms with Gasteiger partial charge in [-0.15, -0.1) is 11.3 Å². The molecule has 0 bridgehead atoms. The summed E-state index contributed by atoms with van der Waals surface area (Å²) in [7, 11) is 0. The molecule has 23 heavy (non-hydrogen) atoms. The maximum Gasteiger partial charge on any atom is 0.311 e. The number of carboxylic acid groups (broad SMARTS) is 1. The highest BCUT2D eigenvalue weighted by molar-refractivity contribution is 7.16. The average molecular weight is 335 g/mol. The first-order chi connectivity index (χ1) is 10.9. The van der Waals surface area contributed by atoms with Crippen molar-refractivity contribution in [3.05, 3.63) is 28.1 Å². The zero-order valence-corrected chi connectivity index (χ0v) is 13.5. The molecular formula is C15H17N3O4S. The van der Waals surface area contributed by atoms with Crippen LogP contribution in [0.3, 0.4) is 0 Å². The third-order valence-corrected chi connectivity index (χ3v) is 5.18. The van der Waals surface area contributed by atoms with E-state index in [4.69, 9.17) is 0 Å². The van der Waals surface area contributed by atoms with Gasteiger partial charge in [-0.2, -0.15) is 0 Å². The predicted molar refractivity (Wildman–Crippen MR) is 85.4 cm³/mol. The fourth-order valence-electron chi connectivity index (χ4n) is 2.78. The van der Waals surface area contributed by atoms with Crippen molar-refractivity contribution >= 4 is 33.4 Å². The minimum absolute atomic E-state index is 0.132. The molecule has 1 amide bonds. The van der Waals surface area contributed by atoms with E-state index >= 15 is 0 Å². The first-order valence-corrected chi connectivity index (χ1v) is 8.22. The van der Waals surface area contributed by atoms with Crippen molar-refractivity contribution in [3.8, 4) is 0 Å². The van der Waals surface area contributed by atoms with Crippen LogP contribution < -0.4 is 5.56 Å². The Morgan fingerprint density at radius 1 is 1.48 bits per heavy atom. The lowest BCUT2D eigenvalue weighted by molar-refractivity contribution is -0.147. The number of nitrogens with zero attached hydrogens (tertiary/aromatic N) is 3. The molecule has 3 rings (SSSR count). The number of likely N-dealkylation sites (tertiary alicyclic amines) is 1. The molecule has 1 fully saturated rings. The molecule has 0 saturated carbocycles. The van der Waals surface area contributed by atoms with E-state index in [2.05, 4.69) is 4.98 Å². The highest BCUT2D eigenvalue weighted by atomic mass is 32.1. The number of hydrogen-bond acceptors (Lipinski definition) is 5. The van der Waals surface area contributed by atoms with Crippen LogP contribution in [0.2, 0.25) is 0 Å². The number of fused-ring (bicyclic) bond motifs is 1. The van der Waals surface area contributed by atoms with E-state index in [0.29, 0.717) is 23.2 Å². The van der Waals surface area contributed by atoms with Crippen molar-refractivity contribution < 1.29 is 14.7 Å². The molecule has 122 valence electrons. The topological polar surface area (TPSA) is 92.5 Å². The molecule has 1 unspecified atom stereocenters. The van der Waals surface area contributed by atoms with E-state index in [-0.39, 0.29) is 31.0 Å². The van der Waals surface area contributed by atoms with Gasteiger partial charge in [0, 0.05) is 26.1 Å². The average Bonchev–Trinajstić information content (AvgIpc) is 3.14. The van der Waals surface area contributed by atoms with Crippen LogP contribution in [0.15, 0.2) is 22.6 Å². The van der Waals surface area contributed by atoms with Crippen molar-refractivity contribution in [2.45, 2.75) is 26.3 Å². The van der Waals surface area contributed by atoms with Gasteiger partial charge in [0.05, 0.1) is 17.1 Å². The molecule has 1 aliphatic heterocycles. The van der Waals surface area contributed by atoms with Gasteiger partial charge >= 0.3 is 5.97 Å². The molecule has 1 N–H and O–H groups in total. The molecule has 0 spiro atoms. The van der Waals surface area contributed by atoms with Gasteiger partial charge in [-0.05, 0) is 24.8 Å². The van der Waals surface area contributed by atoms with Crippen molar-refractivity contribution in [2.75, 3.05) is 13.1 Å². The van der Waals surface area contributed by atoms with Crippen LogP contribution in [0.5, 0.6) is 0 Å². The van der Waals surface area contributed by atoms with Gasteiger partial charge in [0.15, 0.2) is 0 Å². The number of rotatable bonds is 4. The number of carboxylic acids is 1. The molecule has 7 nitrogen and oxygen atoms in total. The minimum atomic E-state index is -0.879. The lowest BCUT2D eigenvalue weighted by Crippen LogP contribution is -2.35. The minimum Gasteiger partial charge on any atom is -0.481 e. The normalized spacial score (nSPS) is 21.0. The molecule has 2 aromatic heterocycles. The Hall–Kier alpha value is -2.22. The molecule has 1 saturated heterocycles. The summed E-state index contributed by atoms with van der Waals surface area (Å²) in [6, 6.07) is 1.73. The first-order valence-electron chi connectivity index (χ1n) is 7.34. The van der Waals surface area contributed by atoms with Crippen molar-refractivity contribution in [1.82, 2.24) is 14.5 Å². The molecule has 0 aliphatic carbocycles. The van der Waals surface area contributed by atoms with Crippen LogP contribution in [-0.4, -0.2) is 44.5 Å². The monoisotopic (exact) mass is 335 g/mol. The number of aromatic nitrogens is 2. The third-order valence-electron chi connectivity index (χ3n) is 4.36. The fourth-order valence-corrected chi connectivity index (χ4v) is 3.50. The zero-order valence-electron chi connectivity index (χ0n) is 12.7. The maximum absolute atomic E-state index is 12.3. The lowest BCUT2D eigenvalue weighted by Gasteiger charge is -2.20. The summed E-state index contributed by atoms with van der Waals surface area (Å²) < 4.78 is 1.43. The summed E-state index contributed by atoms with van der Waals surface area (Å²) in [4.78, 5) is 42.2. The predicted octanol–water partition coefficient (Wildman–Crippen LogP) is 1.17. The van der Waals surface area contributed by atoms with Gasteiger partial charge in [0.1, 0.15) is 4.83 Å². The first kappa shape index (κ1) is 15.7. The smallest absolute Gasteiger partial charge is 0.311 e. The number of thiophene rings is 1. The Labute approximate surface area is 136 Å². The maximum atomic E-state index is 12.3. The van der Waals surface area contributed by atoms with Crippen LogP contribution in [0, 0.1) is 5.41 Å². The van der Waals surface area contributed by atoms with Crippen LogP contribution in [0.1, 0.15) is 19.8 Å². The summed E-state index contributed by atoms with van der Waals surface area (Å²) in [5, 5.41) is 11.6. The number of hydrogen-bond donors (Lipinski definition) is 1. The van der Waals surface area contributed by atoms with E-state index in [1.807, 2.05) is 5.38 Å². The SMILES string of the molecule is CC1(C(=O)O)CCN(C(=O)CCn2cnc3sccc3c2=O)C1. The highest BCUT2D eigenvalue weighted by Gasteiger charge is 2.41. The lowest BCUT2D eigenvalue weighted by atomic mass is 9.90. The Morgan fingerprint density at radius 3 is 2.96 bits per heavy atom. The number of carbonyl (C=O) groups excluding carboxylic acids is 1. The van der Waals surface area contributed by atoms with Crippen molar-refractivity contribution in [1.29, 1.82) is 0 Å². The van der Waals surface area contributed by atoms with Gasteiger partial charge in [0.2, 0.25) is 5.91 Å². The Bertz CT molecular complexity index is 827. The second-order valence-corrected chi connectivity index (χ2v) is 6.96. The van der Waals surface area contributed by atoms with Gasteiger partial charge in [-0.1, -0.05) is 0 Å². The van der Waals surface area contributed by atoms with Crippen LogP contribution in [-0.2, 0) is 16.1 Å². The quantitative estimate of drug-likeness (QED) is 0.905. The summed E-state index contributed by atoms with van der Waals surface area (Å²) in [6.07, 6.45) is 2.07. The van der Waals surface area contributed by atoms with E-state index in [1.54, 1.807) is 17.9 Å². The number of aryl methyl sites for hydroxylation is 1. The van der Waals surface area contributed by atoms with E-state index in [0.717, 1.165) is 0 Å². The third kappa shape index (κ3) is 2.86.